The van der Waals surface area contributed by atoms with Gasteiger partial charge < -0.3 is 9.84 Å². The second-order valence-electron chi connectivity index (χ2n) is 4.31. The van der Waals surface area contributed by atoms with E-state index in [1.807, 2.05) is 0 Å². The summed E-state index contributed by atoms with van der Waals surface area (Å²) in [7, 11) is 0. The smallest absolute Gasteiger partial charge is 0.287 e. The van der Waals surface area contributed by atoms with Crippen LogP contribution < -0.4 is 4.74 Å². The molecular formula is C14H11BrFNO4. The minimum atomic E-state index is -0.937. The van der Waals surface area contributed by atoms with Gasteiger partial charge in [-0.05, 0) is 47.1 Å². The third-order valence-corrected chi connectivity index (χ3v) is 3.58. The quantitative estimate of drug-likeness (QED) is 0.653. The molecule has 2 aromatic carbocycles. The fourth-order valence-corrected chi connectivity index (χ4v) is 2.27. The zero-order valence-electron chi connectivity index (χ0n) is 10.9. The minimum Gasteiger partial charge on any atom is -0.456 e. The van der Waals surface area contributed by atoms with E-state index in [9.17, 15) is 19.6 Å². The van der Waals surface area contributed by atoms with E-state index >= 15 is 0 Å². The van der Waals surface area contributed by atoms with Crippen molar-refractivity contribution in [2.45, 2.75) is 13.0 Å². The SMILES string of the molecule is CC(O)c1cc(F)ccc1Oc1cccc([N+](=O)[O-])c1Br. The van der Waals surface area contributed by atoms with Gasteiger partial charge in [-0.25, -0.2) is 4.39 Å². The molecule has 0 aromatic heterocycles. The van der Waals surface area contributed by atoms with Gasteiger partial charge in [0.1, 0.15) is 21.8 Å². The summed E-state index contributed by atoms with van der Waals surface area (Å²) < 4.78 is 19.0. The monoisotopic (exact) mass is 355 g/mol. The lowest BCUT2D eigenvalue weighted by molar-refractivity contribution is -0.385. The Morgan fingerprint density at radius 3 is 2.67 bits per heavy atom. The van der Waals surface area contributed by atoms with Gasteiger partial charge in [-0.15, -0.1) is 0 Å². The molecule has 0 radical (unpaired) electrons. The summed E-state index contributed by atoms with van der Waals surface area (Å²) in [6.45, 7) is 1.48. The molecule has 2 rings (SSSR count). The van der Waals surface area contributed by atoms with Gasteiger partial charge in [-0.3, -0.25) is 10.1 Å². The molecular weight excluding hydrogens is 345 g/mol. The van der Waals surface area contributed by atoms with E-state index < -0.39 is 16.8 Å². The molecule has 1 atom stereocenters. The van der Waals surface area contributed by atoms with Crippen LogP contribution in [-0.4, -0.2) is 10.0 Å². The number of hydrogen-bond donors (Lipinski definition) is 1. The fraction of sp³-hybridized carbons (Fsp3) is 0.143. The van der Waals surface area contributed by atoms with Crippen LogP contribution in [0, 0.1) is 15.9 Å². The number of nitro groups is 1. The molecule has 7 heteroatoms. The zero-order valence-corrected chi connectivity index (χ0v) is 12.5. The van der Waals surface area contributed by atoms with Crippen molar-refractivity contribution in [3.05, 3.63) is 62.4 Å². The molecule has 2 aromatic rings. The summed E-state index contributed by atoms with van der Waals surface area (Å²) in [4.78, 5) is 10.3. The molecule has 21 heavy (non-hydrogen) atoms. The van der Waals surface area contributed by atoms with E-state index in [0.29, 0.717) is 0 Å². The number of nitrogens with zero attached hydrogens (tertiary/aromatic N) is 1. The Labute approximate surface area is 128 Å². The topological polar surface area (TPSA) is 72.6 Å². The lowest BCUT2D eigenvalue weighted by Gasteiger charge is -2.14. The summed E-state index contributed by atoms with van der Waals surface area (Å²) >= 11 is 3.11. The normalized spacial score (nSPS) is 12.0. The van der Waals surface area contributed by atoms with E-state index in [2.05, 4.69) is 15.9 Å². The highest BCUT2D eigenvalue weighted by molar-refractivity contribution is 9.10. The van der Waals surface area contributed by atoms with E-state index in [0.717, 1.165) is 6.07 Å². The standard InChI is InChI=1S/C14H11BrFNO4/c1-8(18)10-7-9(16)5-6-12(10)21-13-4-2-3-11(14(13)15)17(19)20/h2-8,18H,1H3. The van der Waals surface area contributed by atoms with Gasteiger partial charge in [0.25, 0.3) is 5.69 Å². The number of halogens is 2. The van der Waals surface area contributed by atoms with Gasteiger partial charge in [-0.1, -0.05) is 6.07 Å². The number of benzene rings is 2. The third-order valence-electron chi connectivity index (χ3n) is 2.78. The number of ether oxygens (including phenoxy) is 1. The van der Waals surface area contributed by atoms with Crippen molar-refractivity contribution in [3.8, 4) is 11.5 Å². The second kappa shape index (κ2) is 6.19. The molecule has 0 aliphatic heterocycles. The van der Waals surface area contributed by atoms with Crippen molar-refractivity contribution in [1.29, 1.82) is 0 Å². The molecule has 0 bridgehead atoms. The van der Waals surface area contributed by atoms with Crippen LogP contribution in [-0.2, 0) is 0 Å². The highest BCUT2D eigenvalue weighted by Gasteiger charge is 2.18. The Kier molecular flexibility index (Phi) is 4.54. The van der Waals surface area contributed by atoms with Gasteiger partial charge in [0, 0.05) is 11.6 Å². The van der Waals surface area contributed by atoms with Crippen LogP contribution >= 0.6 is 15.9 Å². The first-order chi connectivity index (χ1) is 9.90. The van der Waals surface area contributed by atoms with Gasteiger partial charge in [-0.2, -0.15) is 0 Å². The Morgan fingerprint density at radius 1 is 1.33 bits per heavy atom. The molecule has 1 N–H and O–H groups in total. The molecule has 110 valence electrons. The molecule has 0 amide bonds. The fourth-order valence-electron chi connectivity index (χ4n) is 1.78. The average Bonchev–Trinajstić information content (AvgIpc) is 2.42. The zero-order chi connectivity index (χ0) is 15.6. The maximum absolute atomic E-state index is 13.2. The number of aliphatic hydroxyl groups excluding tert-OH is 1. The van der Waals surface area contributed by atoms with Crippen LogP contribution in [0.1, 0.15) is 18.6 Å². The van der Waals surface area contributed by atoms with Gasteiger partial charge in [0.2, 0.25) is 0 Å². The molecule has 0 saturated carbocycles. The molecule has 5 nitrogen and oxygen atoms in total. The lowest BCUT2D eigenvalue weighted by Crippen LogP contribution is -1.98. The first kappa shape index (κ1) is 15.4. The summed E-state index contributed by atoms with van der Waals surface area (Å²) in [6, 6.07) is 8.05. The van der Waals surface area contributed by atoms with E-state index in [1.165, 1.54) is 37.3 Å². The predicted octanol–water partition coefficient (Wildman–Crippen LogP) is 4.34. The largest absolute Gasteiger partial charge is 0.456 e. The Morgan fingerprint density at radius 2 is 2.05 bits per heavy atom. The lowest BCUT2D eigenvalue weighted by atomic mass is 10.1. The summed E-state index contributed by atoms with van der Waals surface area (Å²) in [5.41, 5.74) is 0.113. The highest BCUT2D eigenvalue weighted by Crippen LogP contribution is 2.38. The van der Waals surface area contributed by atoms with Crippen LogP contribution in [0.25, 0.3) is 0 Å². The second-order valence-corrected chi connectivity index (χ2v) is 5.10. The van der Waals surface area contributed by atoms with Crippen LogP contribution in [0.4, 0.5) is 10.1 Å². The van der Waals surface area contributed by atoms with E-state index in [-0.39, 0.29) is 27.2 Å². The van der Waals surface area contributed by atoms with Crippen LogP contribution in [0.2, 0.25) is 0 Å². The van der Waals surface area contributed by atoms with Crippen molar-refractivity contribution in [1.82, 2.24) is 0 Å². The van der Waals surface area contributed by atoms with Crippen molar-refractivity contribution in [2.24, 2.45) is 0 Å². The summed E-state index contributed by atoms with van der Waals surface area (Å²) in [5.74, 6) is -0.0679. The Hall–Kier alpha value is -1.99. The first-order valence-electron chi connectivity index (χ1n) is 5.98. The summed E-state index contributed by atoms with van der Waals surface area (Å²) in [5, 5.41) is 20.5. The van der Waals surface area contributed by atoms with Crippen LogP contribution in [0.3, 0.4) is 0 Å². The Bertz CT molecular complexity index is 691. The number of nitro benzene ring substituents is 1. The minimum absolute atomic E-state index is 0.145. The van der Waals surface area contributed by atoms with E-state index in [4.69, 9.17) is 4.74 Å². The molecule has 0 spiro atoms. The van der Waals surface area contributed by atoms with Crippen molar-refractivity contribution >= 4 is 21.6 Å². The van der Waals surface area contributed by atoms with Crippen LogP contribution in [0.5, 0.6) is 11.5 Å². The third kappa shape index (κ3) is 3.37. The maximum Gasteiger partial charge on any atom is 0.287 e. The summed E-state index contributed by atoms with van der Waals surface area (Å²) in [6.07, 6.45) is -0.937. The van der Waals surface area contributed by atoms with Gasteiger partial charge >= 0.3 is 0 Å². The maximum atomic E-state index is 13.2. The van der Waals surface area contributed by atoms with Gasteiger partial charge in [0.05, 0.1) is 11.0 Å². The number of aliphatic hydroxyl groups is 1. The van der Waals surface area contributed by atoms with Crippen molar-refractivity contribution in [2.75, 3.05) is 0 Å². The average molecular weight is 356 g/mol. The molecule has 0 aliphatic carbocycles. The molecule has 1 unspecified atom stereocenters. The number of hydrogen-bond acceptors (Lipinski definition) is 4. The Balaban J connectivity index is 2.44. The van der Waals surface area contributed by atoms with Crippen LogP contribution in [0.15, 0.2) is 40.9 Å². The van der Waals surface area contributed by atoms with E-state index in [1.54, 1.807) is 0 Å². The molecule has 0 fully saturated rings. The number of rotatable bonds is 4. The predicted molar refractivity (Wildman–Crippen MR) is 77.9 cm³/mol. The highest BCUT2D eigenvalue weighted by atomic mass is 79.9. The molecule has 0 saturated heterocycles. The van der Waals surface area contributed by atoms with Crippen molar-refractivity contribution in [3.63, 3.8) is 0 Å². The molecule has 0 heterocycles. The van der Waals surface area contributed by atoms with Crippen molar-refractivity contribution < 1.29 is 19.2 Å². The first-order valence-corrected chi connectivity index (χ1v) is 6.77. The van der Waals surface area contributed by atoms with Gasteiger partial charge in [0.15, 0.2) is 0 Å². The molecule has 0 aliphatic rings.